The van der Waals surface area contributed by atoms with Crippen LogP contribution in [0.2, 0.25) is 10.0 Å². The molecule has 5 heteroatoms. The van der Waals surface area contributed by atoms with Gasteiger partial charge in [-0.15, -0.1) is 0 Å². The average Bonchev–Trinajstić information content (AvgIpc) is 2.57. The van der Waals surface area contributed by atoms with Gasteiger partial charge in [0, 0.05) is 12.0 Å². The third kappa shape index (κ3) is 2.83. The molecule has 0 aliphatic heterocycles. The second-order valence-corrected chi connectivity index (χ2v) is 7.29. The van der Waals surface area contributed by atoms with Crippen molar-refractivity contribution in [2.45, 2.75) is 45.4 Å². The van der Waals surface area contributed by atoms with Crippen molar-refractivity contribution in [1.29, 1.82) is 5.26 Å². The lowest BCUT2D eigenvalue weighted by molar-refractivity contribution is -0.115. The second kappa shape index (κ2) is 6.78. The Balaban J connectivity index is 2.15. The van der Waals surface area contributed by atoms with Crippen LogP contribution in [-0.4, -0.2) is 12.4 Å². The third-order valence-electron chi connectivity index (χ3n) is 5.14. The molecule has 0 bridgehead atoms. The van der Waals surface area contributed by atoms with Crippen molar-refractivity contribution in [3.05, 3.63) is 33.3 Å². The summed E-state index contributed by atoms with van der Waals surface area (Å²) in [6, 6.07) is 3.81. The summed E-state index contributed by atoms with van der Waals surface area (Å²) in [5.41, 5.74) is 3.02. The molecular formula is C19H19Cl2NO2. The quantitative estimate of drug-likeness (QED) is 0.721. The Morgan fingerprint density at radius 3 is 2.75 bits per heavy atom. The Bertz CT molecular complexity index is 764. The molecule has 1 unspecified atom stereocenters. The Morgan fingerprint density at radius 2 is 2.04 bits per heavy atom. The highest BCUT2D eigenvalue weighted by atomic mass is 35.5. The average molecular weight is 364 g/mol. The number of rotatable bonds is 4. The summed E-state index contributed by atoms with van der Waals surface area (Å²) in [6.07, 6.45) is 7.25. The largest absolute Gasteiger partial charge is 0.477 e. The van der Waals surface area contributed by atoms with Crippen LogP contribution >= 0.6 is 23.2 Å². The number of allylic oxidation sites excluding steroid dienone is 2. The smallest absolute Gasteiger partial charge is 0.174 e. The molecule has 3 rings (SSSR count). The number of hydrogen-bond acceptors (Lipinski definition) is 3. The van der Waals surface area contributed by atoms with Crippen LogP contribution in [0.25, 0.3) is 5.57 Å². The van der Waals surface area contributed by atoms with E-state index < -0.39 is 0 Å². The molecule has 0 radical (unpaired) electrons. The molecule has 0 fully saturated rings. The van der Waals surface area contributed by atoms with Crippen LogP contribution in [0.5, 0.6) is 5.75 Å². The Labute approximate surface area is 152 Å². The van der Waals surface area contributed by atoms with Gasteiger partial charge in [0.15, 0.2) is 12.4 Å². The third-order valence-corrected chi connectivity index (χ3v) is 5.99. The van der Waals surface area contributed by atoms with Crippen molar-refractivity contribution < 1.29 is 9.53 Å². The molecule has 0 saturated heterocycles. The number of nitriles is 1. The predicted octanol–water partition coefficient (Wildman–Crippen LogP) is 5.37. The zero-order valence-corrected chi connectivity index (χ0v) is 15.1. The van der Waals surface area contributed by atoms with E-state index in [1.807, 2.05) is 12.1 Å². The molecule has 1 atom stereocenters. The van der Waals surface area contributed by atoms with Crippen LogP contribution in [0.4, 0.5) is 0 Å². The van der Waals surface area contributed by atoms with Gasteiger partial charge in [-0.2, -0.15) is 5.26 Å². The highest BCUT2D eigenvalue weighted by molar-refractivity contribution is 6.44. The topological polar surface area (TPSA) is 50.1 Å². The zero-order valence-electron chi connectivity index (χ0n) is 13.6. The Morgan fingerprint density at radius 1 is 1.29 bits per heavy atom. The van der Waals surface area contributed by atoms with E-state index in [2.05, 4.69) is 6.92 Å². The van der Waals surface area contributed by atoms with Crippen molar-refractivity contribution in [3.8, 4) is 11.8 Å². The summed E-state index contributed by atoms with van der Waals surface area (Å²) in [5.74, 6) is 0.592. The minimum atomic E-state index is -0.0736. The molecule has 0 heterocycles. The van der Waals surface area contributed by atoms with Gasteiger partial charge in [-0.25, -0.2) is 0 Å². The first-order valence-electron chi connectivity index (χ1n) is 8.28. The predicted molar refractivity (Wildman–Crippen MR) is 95.5 cm³/mol. The van der Waals surface area contributed by atoms with E-state index >= 15 is 0 Å². The summed E-state index contributed by atoms with van der Waals surface area (Å²) < 4.78 is 5.40. The number of benzene rings is 1. The van der Waals surface area contributed by atoms with Gasteiger partial charge >= 0.3 is 0 Å². The zero-order chi connectivity index (χ0) is 17.3. The van der Waals surface area contributed by atoms with Crippen LogP contribution in [0.1, 0.15) is 50.2 Å². The van der Waals surface area contributed by atoms with Gasteiger partial charge in [-0.1, -0.05) is 36.5 Å². The van der Waals surface area contributed by atoms with E-state index in [0.29, 0.717) is 22.2 Å². The molecule has 1 aromatic carbocycles. The van der Waals surface area contributed by atoms with Crippen molar-refractivity contribution >= 4 is 34.6 Å². The molecule has 2 aliphatic rings. The van der Waals surface area contributed by atoms with Gasteiger partial charge in [0.1, 0.15) is 16.8 Å². The monoisotopic (exact) mass is 363 g/mol. The molecule has 0 spiro atoms. The number of halogens is 2. The first kappa shape index (κ1) is 17.3. The minimum absolute atomic E-state index is 0.0255. The maximum atomic E-state index is 12.1. The van der Waals surface area contributed by atoms with Crippen molar-refractivity contribution in [2.75, 3.05) is 6.61 Å². The summed E-state index contributed by atoms with van der Waals surface area (Å²) in [4.78, 5) is 12.1. The van der Waals surface area contributed by atoms with E-state index in [1.165, 1.54) is 0 Å². The highest BCUT2D eigenvalue weighted by Gasteiger charge is 2.42. The second-order valence-electron chi connectivity index (χ2n) is 6.54. The normalized spacial score (nSPS) is 22.2. The maximum Gasteiger partial charge on any atom is 0.174 e. The Kier molecular flexibility index (Phi) is 4.90. The lowest BCUT2D eigenvalue weighted by atomic mass is 9.61. The number of ether oxygens (including phenoxy) is 1. The first-order chi connectivity index (χ1) is 11.5. The highest BCUT2D eigenvalue weighted by Crippen LogP contribution is 2.56. The Hall–Kier alpha value is -1.50. The van der Waals surface area contributed by atoms with Crippen molar-refractivity contribution in [2.24, 2.45) is 5.41 Å². The number of ketones is 1. The number of nitrogens with zero attached hydrogens (tertiary/aromatic N) is 1. The molecule has 0 saturated carbocycles. The molecule has 3 nitrogen and oxygen atoms in total. The van der Waals surface area contributed by atoms with E-state index in [9.17, 15) is 4.79 Å². The van der Waals surface area contributed by atoms with Crippen LogP contribution in [0.15, 0.2) is 12.1 Å². The first-order valence-corrected chi connectivity index (χ1v) is 9.04. The summed E-state index contributed by atoms with van der Waals surface area (Å²) >= 11 is 13.0. The molecule has 24 heavy (non-hydrogen) atoms. The fraction of sp³-hybridized carbons (Fsp3) is 0.474. The van der Waals surface area contributed by atoms with Crippen LogP contribution in [0.3, 0.4) is 0 Å². The number of hydrogen-bond donors (Lipinski definition) is 0. The SMILES string of the molecule is CCCC12CCC(=O)C=C1c1c(cc(OCC#N)c(Cl)c1Cl)CC2. The van der Waals surface area contributed by atoms with Crippen molar-refractivity contribution in [1.82, 2.24) is 0 Å². The van der Waals surface area contributed by atoms with Gasteiger partial charge in [0.05, 0.1) is 5.02 Å². The van der Waals surface area contributed by atoms with Crippen LogP contribution in [0, 0.1) is 16.7 Å². The fourth-order valence-electron chi connectivity index (χ4n) is 4.07. The van der Waals surface area contributed by atoms with Crippen LogP contribution < -0.4 is 4.74 Å². The van der Waals surface area contributed by atoms with Crippen LogP contribution in [-0.2, 0) is 11.2 Å². The number of fused-ring (bicyclic) bond motifs is 3. The van der Waals surface area contributed by atoms with Gasteiger partial charge < -0.3 is 4.74 Å². The summed E-state index contributed by atoms with van der Waals surface area (Å²) in [5, 5.41) is 9.46. The van der Waals surface area contributed by atoms with Gasteiger partial charge in [-0.05, 0) is 54.4 Å². The molecule has 0 N–H and O–H groups in total. The minimum Gasteiger partial charge on any atom is -0.477 e. The van der Waals surface area contributed by atoms with E-state index in [4.69, 9.17) is 33.2 Å². The van der Waals surface area contributed by atoms with E-state index in [0.717, 1.165) is 48.8 Å². The lowest BCUT2D eigenvalue weighted by Crippen LogP contribution is -2.32. The molecule has 1 aromatic rings. The summed E-state index contributed by atoms with van der Waals surface area (Å²) in [7, 11) is 0. The standard InChI is InChI=1S/C19H19Cl2NO2/c1-2-5-19-6-3-12-10-15(24-9-8-22)17(20)18(21)16(12)14(19)11-13(23)4-7-19/h10-11H,2-7,9H2,1H3. The number of aryl methyl sites for hydroxylation is 1. The number of carbonyl (C=O) groups excluding carboxylic acids is 1. The van der Waals surface area contributed by atoms with E-state index in [1.54, 1.807) is 6.08 Å². The number of carbonyl (C=O) groups is 1. The molecule has 126 valence electrons. The van der Waals surface area contributed by atoms with Gasteiger partial charge in [0.25, 0.3) is 0 Å². The lowest BCUT2D eigenvalue weighted by Gasteiger charge is -2.43. The fourth-order valence-corrected chi connectivity index (χ4v) is 4.59. The summed E-state index contributed by atoms with van der Waals surface area (Å²) in [6.45, 7) is 2.10. The maximum absolute atomic E-state index is 12.1. The molecular weight excluding hydrogens is 345 g/mol. The van der Waals surface area contributed by atoms with Crippen molar-refractivity contribution in [3.63, 3.8) is 0 Å². The van der Waals surface area contributed by atoms with Gasteiger partial charge in [0.2, 0.25) is 0 Å². The molecule has 2 aliphatic carbocycles. The molecule has 0 aromatic heterocycles. The molecule has 0 amide bonds. The van der Waals surface area contributed by atoms with Gasteiger partial charge in [-0.3, -0.25) is 4.79 Å². The van der Waals surface area contributed by atoms with E-state index in [-0.39, 0.29) is 17.8 Å².